The highest BCUT2D eigenvalue weighted by Gasteiger charge is 2.65. The largest absolute Gasteiger partial charge is 0.469 e. The van der Waals surface area contributed by atoms with E-state index in [0.29, 0.717) is 17.8 Å². The number of rotatable bonds is 8. The van der Waals surface area contributed by atoms with Crippen molar-refractivity contribution in [1.29, 1.82) is 0 Å². The van der Waals surface area contributed by atoms with Crippen molar-refractivity contribution in [1.82, 2.24) is 24.6 Å². The van der Waals surface area contributed by atoms with Gasteiger partial charge in [0.15, 0.2) is 0 Å². The molecule has 0 radical (unpaired) electrons. The zero-order chi connectivity index (χ0) is 29.6. The number of carbonyl (C=O) groups is 1. The zero-order valence-corrected chi connectivity index (χ0v) is 24.3. The average Bonchev–Trinajstić information content (AvgIpc) is 3.41. The van der Waals surface area contributed by atoms with E-state index in [2.05, 4.69) is 10.4 Å². The molecule has 0 saturated carbocycles. The standard InChI is InChI=1S/C31H37F3N6O2/c1-20-11-21(2)40(37-20)25-8-9-27(32)26(13-25)23(12-28(41)42-3)14-38-16-30(17-38)18-39(19-31(30,33)34)15-24-7-6-22-5-4-10-35-29(22)36-24/h6-9,11,13,23H,4-5,10,12,14-19H2,1-3H3,(H,35,36)/t23-/m1/s1. The van der Waals surface area contributed by atoms with Crippen molar-refractivity contribution >= 4 is 11.8 Å². The van der Waals surface area contributed by atoms with Gasteiger partial charge in [-0.25, -0.2) is 22.8 Å². The lowest BCUT2D eigenvalue weighted by Crippen LogP contribution is -2.65. The Morgan fingerprint density at radius 3 is 2.62 bits per heavy atom. The van der Waals surface area contributed by atoms with Crippen LogP contribution in [0.2, 0.25) is 0 Å². The van der Waals surface area contributed by atoms with Crippen LogP contribution in [-0.4, -0.2) is 82.8 Å². The van der Waals surface area contributed by atoms with Gasteiger partial charge in [0.25, 0.3) is 5.92 Å². The van der Waals surface area contributed by atoms with Crippen molar-refractivity contribution in [3.8, 4) is 5.69 Å². The molecule has 2 saturated heterocycles. The minimum atomic E-state index is -2.87. The molecule has 3 aromatic rings. The number of pyridine rings is 1. The predicted molar refractivity (Wildman–Crippen MR) is 153 cm³/mol. The molecule has 3 aliphatic heterocycles. The molecule has 224 valence electrons. The first-order valence-electron chi connectivity index (χ1n) is 14.5. The fraction of sp³-hybridized carbons (Fsp3) is 0.516. The summed E-state index contributed by atoms with van der Waals surface area (Å²) in [6.45, 7) is 5.58. The predicted octanol–water partition coefficient (Wildman–Crippen LogP) is 4.48. The summed E-state index contributed by atoms with van der Waals surface area (Å²) in [6, 6.07) is 10.6. The molecule has 0 amide bonds. The molecule has 8 nitrogen and oxygen atoms in total. The van der Waals surface area contributed by atoms with E-state index < -0.39 is 29.0 Å². The van der Waals surface area contributed by atoms with Gasteiger partial charge in [0, 0.05) is 50.9 Å². The Morgan fingerprint density at radius 2 is 1.88 bits per heavy atom. The SMILES string of the molecule is COC(=O)C[C@H](CN1CC2(CN(Cc3ccc4c(n3)NCCC4)CC2(F)F)C1)c1cc(-n2nc(C)cc2C)ccc1F. The van der Waals surface area contributed by atoms with Crippen LogP contribution in [0.5, 0.6) is 0 Å². The number of alkyl halides is 2. The summed E-state index contributed by atoms with van der Waals surface area (Å²) in [5.74, 6) is -3.50. The van der Waals surface area contributed by atoms with E-state index in [4.69, 9.17) is 9.72 Å². The monoisotopic (exact) mass is 582 g/mol. The van der Waals surface area contributed by atoms with Crippen LogP contribution in [0.1, 0.15) is 47.0 Å². The van der Waals surface area contributed by atoms with Gasteiger partial charge in [0.05, 0.1) is 42.6 Å². The van der Waals surface area contributed by atoms with Crippen LogP contribution in [0.15, 0.2) is 36.4 Å². The number of aryl methyl sites for hydroxylation is 3. The number of anilines is 1. The molecule has 2 aromatic heterocycles. The number of fused-ring (bicyclic) bond motifs is 1. The van der Waals surface area contributed by atoms with Crippen LogP contribution >= 0.6 is 0 Å². The number of ether oxygens (including phenoxy) is 1. The number of hydrogen-bond acceptors (Lipinski definition) is 7. The number of nitrogens with zero attached hydrogens (tertiary/aromatic N) is 5. The second-order valence-corrected chi connectivity index (χ2v) is 12.2. The Balaban J connectivity index is 1.16. The van der Waals surface area contributed by atoms with Crippen LogP contribution in [0.4, 0.5) is 19.0 Å². The van der Waals surface area contributed by atoms with Crippen molar-refractivity contribution in [3.05, 3.63) is 70.4 Å². The number of likely N-dealkylation sites (tertiary alicyclic amines) is 2. The van der Waals surface area contributed by atoms with Crippen molar-refractivity contribution in [2.45, 2.75) is 51.5 Å². The molecule has 2 fully saturated rings. The summed E-state index contributed by atoms with van der Waals surface area (Å²) in [5, 5.41) is 7.80. The van der Waals surface area contributed by atoms with Gasteiger partial charge in [-0.1, -0.05) is 6.07 Å². The van der Waals surface area contributed by atoms with E-state index in [9.17, 15) is 4.79 Å². The van der Waals surface area contributed by atoms with E-state index >= 15 is 13.2 Å². The van der Waals surface area contributed by atoms with Gasteiger partial charge in [-0.05, 0) is 68.1 Å². The van der Waals surface area contributed by atoms with Gasteiger partial charge in [-0.15, -0.1) is 0 Å². The van der Waals surface area contributed by atoms with Gasteiger partial charge < -0.3 is 15.0 Å². The number of halogens is 3. The molecule has 1 N–H and O–H groups in total. The molecule has 0 aliphatic carbocycles. The number of hydrogen-bond donors (Lipinski definition) is 1. The second kappa shape index (κ2) is 11.0. The second-order valence-electron chi connectivity index (χ2n) is 12.2. The highest BCUT2D eigenvalue weighted by Crippen LogP contribution is 2.50. The number of aromatic nitrogens is 3. The molecule has 5 heterocycles. The Morgan fingerprint density at radius 1 is 1.10 bits per heavy atom. The van der Waals surface area contributed by atoms with E-state index in [0.717, 1.165) is 42.3 Å². The van der Waals surface area contributed by atoms with Gasteiger partial charge in [0.1, 0.15) is 11.6 Å². The summed E-state index contributed by atoms with van der Waals surface area (Å²) in [7, 11) is 1.29. The van der Waals surface area contributed by atoms with Crippen LogP contribution in [0.25, 0.3) is 5.69 Å². The first-order chi connectivity index (χ1) is 20.1. The lowest BCUT2D eigenvalue weighted by molar-refractivity contribution is -0.158. The molecular formula is C31H37F3N6O2. The average molecular weight is 583 g/mol. The number of esters is 1. The van der Waals surface area contributed by atoms with Crippen LogP contribution in [0.3, 0.4) is 0 Å². The molecule has 6 rings (SSSR count). The summed E-state index contributed by atoms with van der Waals surface area (Å²) in [5.41, 5.74) is 3.52. The van der Waals surface area contributed by atoms with Crippen molar-refractivity contribution in [3.63, 3.8) is 0 Å². The molecule has 11 heteroatoms. The topological polar surface area (TPSA) is 75.5 Å². The maximum absolute atomic E-state index is 15.5. The number of benzene rings is 1. The van der Waals surface area contributed by atoms with E-state index in [1.54, 1.807) is 21.7 Å². The maximum atomic E-state index is 15.5. The van der Waals surface area contributed by atoms with E-state index in [-0.39, 0.29) is 39.1 Å². The first kappa shape index (κ1) is 28.7. The first-order valence-corrected chi connectivity index (χ1v) is 14.5. The normalized spacial score (nSPS) is 20.1. The fourth-order valence-corrected chi connectivity index (χ4v) is 6.85. The highest BCUT2D eigenvalue weighted by molar-refractivity contribution is 5.70. The summed E-state index contributed by atoms with van der Waals surface area (Å²) >= 11 is 0. The summed E-state index contributed by atoms with van der Waals surface area (Å²) < 4.78 is 52.8. The molecule has 0 unspecified atom stereocenters. The van der Waals surface area contributed by atoms with Crippen molar-refractivity contribution < 1.29 is 22.7 Å². The van der Waals surface area contributed by atoms with Crippen LogP contribution < -0.4 is 5.32 Å². The molecule has 1 aromatic carbocycles. The Hall–Kier alpha value is -3.44. The number of nitrogens with one attached hydrogen (secondary N) is 1. The quantitative estimate of drug-likeness (QED) is 0.393. The van der Waals surface area contributed by atoms with Crippen molar-refractivity contribution in [2.75, 3.05) is 51.7 Å². The molecule has 0 bridgehead atoms. The molecule has 42 heavy (non-hydrogen) atoms. The number of carbonyl (C=O) groups excluding carboxylic acids is 1. The van der Waals surface area contributed by atoms with Crippen LogP contribution in [0, 0.1) is 25.1 Å². The molecule has 1 atom stereocenters. The Labute approximate surface area is 243 Å². The van der Waals surface area contributed by atoms with Crippen molar-refractivity contribution in [2.24, 2.45) is 5.41 Å². The highest BCUT2D eigenvalue weighted by atomic mass is 19.3. The third-order valence-electron chi connectivity index (χ3n) is 8.91. The van der Waals surface area contributed by atoms with Gasteiger partial charge in [0.2, 0.25) is 0 Å². The fourth-order valence-electron chi connectivity index (χ4n) is 6.85. The maximum Gasteiger partial charge on any atom is 0.306 e. The minimum Gasteiger partial charge on any atom is -0.469 e. The van der Waals surface area contributed by atoms with Crippen LogP contribution in [-0.2, 0) is 22.5 Å². The molecule has 3 aliphatic rings. The third-order valence-corrected chi connectivity index (χ3v) is 8.91. The van der Waals surface area contributed by atoms with Gasteiger partial charge in [-0.2, -0.15) is 5.10 Å². The molecular weight excluding hydrogens is 545 g/mol. The van der Waals surface area contributed by atoms with Gasteiger partial charge >= 0.3 is 5.97 Å². The Kier molecular flexibility index (Phi) is 7.51. The zero-order valence-electron chi connectivity index (χ0n) is 24.3. The van der Waals surface area contributed by atoms with E-state index in [1.165, 1.54) is 18.7 Å². The Bertz CT molecular complexity index is 1490. The van der Waals surface area contributed by atoms with E-state index in [1.807, 2.05) is 36.9 Å². The lowest BCUT2D eigenvalue weighted by Gasteiger charge is -2.51. The number of methoxy groups -OCH3 is 1. The summed E-state index contributed by atoms with van der Waals surface area (Å²) in [4.78, 5) is 20.7. The molecule has 1 spiro atoms. The van der Waals surface area contributed by atoms with Gasteiger partial charge in [-0.3, -0.25) is 9.69 Å². The minimum absolute atomic E-state index is 0.0575. The summed E-state index contributed by atoms with van der Waals surface area (Å²) in [6.07, 6.45) is 1.98. The smallest absolute Gasteiger partial charge is 0.306 e. The lowest BCUT2D eigenvalue weighted by atomic mass is 9.75. The third kappa shape index (κ3) is 5.40.